The van der Waals surface area contributed by atoms with Crippen molar-refractivity contribution in [2.45, 2.75) is 13.3 Å². The summed E-state index contributed by atoms with van der Waals surface area (Å²) < 4.78 is 5.46. The molecule has 0 aliphatic carbocycles. The predicted molar refractivity (Wildman–Crippen MR) is 122 cm³/mol. The van der Waals surface area contributed by atoms with Gasteiger partial charge in [0.1, 0.15) is 5.75 Å². The van der Waals surface area contributed by atoms with Crippen molar-refractivity contribution in [1.82, 2.24) is 5.32 Å². The maximum Gasteiger partial charge on any atom is 0.335 e. The van der Waals surface area contributed by atoms with Crippen LogP contribution in [-0.4, -0.2) is 38.0 Å². The summed E-state index contributed by atoms with van der Waals surface area (Å²) in [5.74, 6) is -0.425. The Labute approximate surface area is 185 Å². The lowest BCUT2D eigenvalue weighted by Crippen LogP contribution is -2.68. The van der Waals surface area contributed by atoms with E-state index in [1.165, 1.54) is 0 Å². The largest absolute Gasteiger partial charge is 0.494 e. The van der Waals surface area contributed by atoms with Crippen LogP contribution in [0.4, 0.5) is 16.2 Å². The van der Waals surface area contributed by atoms with Crippen molar-refractivity contribution in [3.05, 3.63) is 66.2 Å². The standard InChI is InChI=1S/C25H23N3O4/c1-3-32-18-11-9-17(10-12-18)28-23(30)25(22(29)26-24(28)31)14-20-19-7-5-4-6-16(19)8-13-21(20)27(2)15-25/h4-13H,3,14-15H2,1-2H3,(H,26,29,31). The Hall–Kier alpha value is -3.87. The molecule has 1 unspecified atom stereocenters. The molecule has 1 atom stereocenters. The zero-order valence-corrected chi connectivity index (χ0v) is 17.9. The van der Waals surface area contributed by atoms with E-state index >= 15 is 0 Å². The molecule has 2 heterocycles. The minimum atomic E-state index is -1.40. The Kier molecular flexibility index (Phi) is 4.62. The quantitative estimate of drug-likeness (QED) is 0.645. The van der Waals surface area contributed by atoms with E-state index in [4.69, 9.17) is 4.74 Å². The molecule has 1 saturated heterocycles. The van der Waals surface area contributed by atoms with Gasteiger partial charge in [-0.15, -0.1) is 0 Å². The van der Waals surface area contributed by atoms with Gasteiger partial charge in [-0.2, -0.15) is 0 Å². The number of hydrogen-bond acceptors (Lipinski definition) is 5. The highest BCUT2D eigenvalue weighted by molar-refractivity contribution is 6.30. The van der Waals surface area contributed by atoms with Crippen molar-refractivity contribution >= 4 is 40.0 Å². The topological polar surface area (TPSA) is 79.0 Å². The molecule has 5 rings (SSSR count). The van der Waals surface area contributed by atoms with E-state index in [2.05, 4.69) is 5.32 Å². The van der Waals surface area contributed by atoms with Crippen LogP contribution in [0.3, 0.4) is 0 Å². The van der Waals surface area contributed by atoms with Crippen LogP contribution in [0.5, 0.6) is 5.75 Å². The Morgan fingerprint density at radius 3 is 2.50 bits per heavy atom. The van der Waals surface area contributed by atoms with Gasteiger partial charge in [0.05, 0.1) is 12.3 Å². The van der Waals surface area contributed by atoms with Gasteiger partial charge in [-0.1, -0.05) is 30.3 Å². The highest BCUT2D eigenvalue weighted by Crippen LogP contribution is 2.43. The van der Waals surface area contributed by atoms with Crippen LogP contribution in [0.1, 0.15) is 12.5 Å². The third kappa shape index (κ3) is 2.92. The Bertz CT molecular complexity index is 1250. The summed E-state index contributed by atoms with van der Waals surface area (Å²) in [5, 5.41) is 4.47. The SMILES string of the molecule is CCOc1ccc(N2C(=O)NC(=O)C3(Cc4c(ccc5ccccc45)N(C)C3)C2=O)cc1. The number of nitrogens with one attached hydrogen (secondary N) is 1. The number of fused-ring (bicyclic) bond motifs is 3. The molecular formula is C25H23N3O4. The van der Waals surface area contributed by atoms with Crippen LogP contribution >= 0.6 is 0 Å². The second-order valence-electron chi connectivity index (χ2n) is 8.23. The maximum absolute atomic E-state index is 13.8. The number of nitrogens with zero attached hydrogens (tertiary/aromatic N) is 2. The normalized spacial score (nSPS) is 20.5. The highest BCUT2D eigenvalue weighted by Gasteiger charge is 2.57. The predicted octanol–water partition coefficient (Wildman–Crippen LogP) is 3.50. The summed E-state index contributed by atoms with van der Waals surface area (Å²) in [6.45, 7) is 2.58. The van der Waals surface area contributed by atoms with Crippen molar-refractivity contribution in [2.75, 3.05) is 30.0 Å². The van der Waals surface area contributed by atoms with Crippen LogP contribution in [0.2, 0.25) is 0 Å². The van der Waals surface area contributed by atoms with Crippen molar-refractivity contribution in [1.29, 1.82) is 0 Å². The fraction of sp³-hybridized carbons (Fsp3) is 0.240. The second kappa shape index (κ2) is 7.37. The molecule has 4 amide bonds. The van der Waals surface area contributed by atoms with E-state index in [1.54, 1.807) is 24.3 Å². The number of carbonyl (C=O) groups excluding carboxylic acids is 3. The van der Waals surface area contributed by atoms with Crippen LogP contribution in [-0.2, 0) is 16.0 Å². The molecule has 7 nitrogen and oxygen atoms in total. The summed E-state index contributed by atoms with van der Waals surface area (Å²) in [6, 6.07) is 18.0. The minimum Gasteiger partial charge on any atom is -0.494 e. The van der Waals surface area contributed by atoms with E-state index < -0.39 is 23.3 Å². The maximum atomic E-state index is 13.8. The Balaban J connectivity index is 1.59. The second-order valence-corrected chi connectivity index (χ2v) is 8.23. The number of imide groups is 2. The van der Waals surface area contributed by atoms with Crippen molar-refractivity contribution < 1.29 is 19.1 Å². The van der Waals surface area contributed by atoms with Gasteiger partial charge in [0.15, 0.2) is 5.41 Å². The lowest BCUT2D eigenvalue weighted by atomic mass is 9.73. The third-order valence-corrected chi connectivity index (χ3v) is 6.29. The third-order valence-electron chi connectivity index (χ3n) is 6.29. The number of urea groups is 1. The smallest absolute Gasteiger partial charge is 0.335 e. The van der Waals surface area contributed by atoms with Crippen LogP contribution < -0.4 is 19.9 Å². The number of benzene rings is 3. The fourth-order valence-corrected chi connectivity index (χ4v) is 4.78. The Morgan fingerprint density at radius 1 is 1.00 bits per heavy atom. The Morgan fingerprint density at radius 2 is 1.75 bits per heavy atom. The minimum absolute atomic E-state index is 0.184. The van der Waals surface area contributed by atoms with Crippen LogP contribution in [0.15, 0.2) is 60.7 Å². The number of ether oxygens (including phenoxy) is 1. The first kappa shape index (κ1) is 20.1. The van der Waals surface area contributed by atoms with Gasteiger partial charge in [-0.3, -0.25) is 14.9 Å². The van der Waals surface area contributed by atoms with Gasteiger partial charge in [0, 0.05) is 25.7 Å². The number of rotatable bonds is 3. The van der Waals surface area contributed by atoms with Crippen molar-refractivity contribution in [2.24, 2.45) is 5.41 Å². The van der Waals surface area contributed by atoms with Gasteiger partial charge in [0.25, 0.3) is 5.91 Å². The van der Waals surface area contributed by atoms with E-state index in [9.17, 15) is 14.4 Å². The molecule has 1 fully saturated rings. The average molecular weight is 429 g/mol. The summed E-state index contributed by atoms with van der Waals surface area (Å²) in [6.07, 6.45) is 0.222. The van der Waals surface area contributed by atoms with Gasteiger partial charge in [0.2, 0.25) is 5.91 Å². The molecular weight excluding hydrogens is 406 g/mol. The zero-order valence-electron chi connectivity index (χ0n) is 17.9. The molecule has 0 saturated carbocycles. The number of anilines is 2. The van der Waals surface area contributed by atoms with Gasteiger partial charge < -0.3 is 9.64 Å². The molecule has 2 aliphatic rings. The van der Waals surface area contributed by atoms with Crippen molar-refractivity contribution in [3.8, 4) is 5.75 Å². The average Bonchev–Trinajstić information content (AvgIpc) is 2.79. The first-order valence-electron chi connectivity index (χ1n) is 10.6. The molecule has 1 spiro atoms. The van der Waals surface area contributed by atoms with Gasteiger partial charge in [-0.05, 0) is 53.6 Å². The van der Waals surface area contributed by atoms with Crippen LogP contribution in [0.25, 0.3) is 10.8 Å². The number of amides is 4. The number of barbiturate groups is 1. The summed E-state index contributed by atoms with van der Waals surface area (Å²) in [4.78, 5) is 42.7. The number of hydrogen-bond donors (Lipinski definition) is 1. The molecule has 2 aliphatic heterocycles. The van der Waals surface area contributed by atoms with E-state index in [0.29, 0.717) is 18.0 Å². The monoisotopic (exact) mass is 429 g/mol. The van der Waals surface area contributed by atoms with Gasteiger partial charge >= 0.3 is 6.03 Å². The molecule has 3 aromatic rings. The summed E-state index contributed by atoms with van der Waals surface area (Å²) in [7, 11) is 1.87. The molecule has 7 heteroatoms. The molecule has 0 aromatic heterocycles. The first-order valence-corrected chi connectivity index (χ1v) is 10.6. The molecule has 32 heavy (non-hydrogen) atoms. The fourth-order valence-electron chi connectivity index (χ4n) is 4.78. The summed E-state index contributed by atoms with van der Waals surface area (Å²) in [5.41, 5.74) is 0.910. The molecule has 0 radical (unpaired) electrons. The van der Waals surface area contributed by atoms with E-state index in [0.717, 1.165) is 26.9 Å². The molecule has 3 aromatic carbocycles. The molecule has 1 N–H and O–H groups in total. The van der Waals surface area contributed by atoms with E-state index in [1.807, 2.05) is 55.3 Å². The van der Waals surface area contributed by atoms with Crippen LogP contribution in [0, 0.1) is 5.41 Å². The molecule has 0 bridgehead atoms. The highest BCUT2D eigenvalue weighted by atomic mass is 16.5. The zero-order chi connectivity index (χ0) is 22.5. The first-order chi connectivity index (χ1) is 15.4. The van der Waals surface area contributed by atoms with Crippen molar-refractivity contribution in [3.63, 3.8) is 0 Å². The summed E-state index contributed by atoms with van der Waals surface area (Å²) >= 11 is 0. The van der Waals surface area contributed by atoms with Gasteiger partial charge in [-0.25, -0.2) is 9.69 Å². The lowest BCUT2D eigenvalue weighted by molar-refractivity contribution is -0.142. The lowest BCUT2D eigenvalue weighted by Gasteiger charge is -2.45. The number of carbonyl (C=O) groups is 3. The molecule has 162 valence electrons. The van der Waals surface area contributed by atoms with E-state index in [-0.39, 0.29) is 13.0 Å².